The molecular weight excluding hydrogens is 368 g/mol. The quantitative estimate of drug-likeness (QED) is 0.566. The van der Waals surface area contributed by atoms with Crippen LogP contribution in [0.1, 0.15) is 37.3 Å². The SMILES string of the molecule is CCc1ccc2nc(N(CC3CCCO3)C(=O)CCc3ccccc3)sc2c1. The van der Waals surface area contributed by atoms with Gasteiger partial charge >= 0.3 is 0 Å². The van der Waals surface area contributed by atoms with E-state index in [2.05, 4.69) is 37.3 Å². The number of rotatable bonds is 7. The molecule has 0 radical (unpaired) electrons. The number of anilines is 1. The summed E-state index contributed by atoms with van der Waals surface area (Å²) in [5.74, 6) is 0.120. The predicted molar refractivity (Wildman–Crippen MR) is 115 cm³/mol. The van der Waals surface area contributed by atoms with Crippen LogP contribution < -0.4 is 4.90 Å². The van der Waals surface area contributed by atoms with Gasteiger partial charge in [-0.3, -0.25) is 9.69 Å². The highest BCUT2D eigenvalue weighted by atomic mass is 32.1. The number of ether oxygens (including phenoxy) is 1. The Morgan fingerprint density at radius 1 is 1.21 bits per heavy atom. The Morgan fingerprint density at radius 3 is 2.82 bits per heavy atom. The summed E-state index contributed by atoms with van der Waals surface area (Å²) in [7, 11) is 0. The second-order valence-electron chi connectivity index (χ2n) is 7.28. The molecular formula is C23H26N2O2S. The number of fused-ring (bicyclic) bond motifs is 1. The van der Waals surface area contributed by atoms with Crippen molar-refractivity contribution in [1.82, 2.24) is 4.98 Å². The lowest BCUT2D eigenvalue weighted by Crippen LogP contribution is -2.37. The van der Waals surface area contributed by atoms with E-state index < -0.39 is 0 Å². The van der Waals surface area contributed by atoms with Crippen LogP contribution >= 0.6 is 11.3 Å². The summed E-state index contributed by atoms with van der Waals surface area (Å²) in [5, 5.41) is 0.789. The first-order valence-electron chi connectivity index (χ1n) is 10.1. The van der Waals surface area contributed by atoms with Crippen LogP contribution in [-0.4, -0.2) is 30.1 Å². The molecule has 1 saturated heterocycles. The molecule has 0 bridgehead atoms. The molecule has 5 heteroatoms. The summed E-state index contributed by atoms with van der Waals surface area (Å²) in [5.41, 5.74) is 3.44. The third kappa shape index (κ3) is 4.42. The van der Waals surface area contributed by atoms with Crippen molar-refractivity contribution in [3.63, 3.8) is 0 Å². The number of nitrogens with zero attached hydrogens (tertiary/aromatic N) is 2. The first-order chi connectivity index (χ1) is 13.7. The first kappa shape index (κ1) is 19.1. The Labute approximate surface area is 170 Å². The maximum Gasteiger partial charge on any atom is 0.229 e. The van der Waals surface area contributed by atoms with Gasteiger partial charge in [-0.1, -0.05) is 54.7 Å². The number of hydrogen-bond donors (Lipinski definition) is 0. The van der Waals surface area contributed by atoms with E-state index in [0.29, 0.717) is 13.0 Å². The average Bonchev–Trinajstić information content (AvgIpc) is 3.39. The molecule has 0 spiro atoms. The van der Waals surface area contributed by atoms with E-state index >= 15 is 0 Å². The van der Waals surface area contributed by atoms with Crippen molar-refractivity contribution in [2.45, 2.75) is 45.1 Å². The summed E-state index contributed by atoms with van der Waals surface area (Å²) in [4.78, 5) is 19.8. The van der Waals surface area contributed by atoms with Gasteiger partial charge in [0, 0.05) is 13.0 Å². The third-order valence-electron chi connectivity index (χ3n) is 5.26. The number of carbonyl (C=O) groups excluding carboxylic acids is 1. The first-order valence-corrected chi connectivity index (χ1v) is 10.9. The Kier molecular flexibility index (Phi) is 6.03. The molecule has 1 fully saturated rings. The minimum Gasteiger partial charge on any atom is -0.376 e. The molecule has 1 atom stereocenters. The van der Waals surface area contributed by atoms with Gasteiger partial charge in [0.2, 0.25) is 5.91 Å². The van der Waals surface area contributed by atoms with Crippen molar-refractivity contribution in [2.75, 3.05) is 18.1 Å². The van der Waals surface area contributed by atoms with Gasteiger partial charge in [0.25, 0.3) is 0 Å². The summed E-state index contributed by atoms with van der Waals surface area (Å²) in [6.45, 7) is 3.53. The van der Waals surface area contributed by atoms with Crippen molar-refractivity contribution in [2.24, 2.45) is 0 Å². The largest absolute Gasteiger partial charge is 0.376 e. The molecule has 1 amide bonds. The van der Waals surface area contributed by atoms with Crippen LogP contribution in [0.5, 0.6) is 0 Å². The monoisotopic (exact) mass is 394 g/mol. The van der Waals surface area contributed by atoms with Crippen molar-refractivity contribution in [3.05, 3.63) is 59.7 Å². The lowest BCUT2D eigenvalue weighted by molar-refractivity contribution is -0.119. The highest BCUT2D eigenvalue weighted by molar-refractivity contribution is 7.22. The average molecular weight is 395 g/mol. The Morgan fingerprint density at radius 2 is 2.07 bits per heavy atom. The lowest BCUT2D eigenvalue weighted by atomic mass is 10.1. The standard InChI is InChI=1S/C23H26N2O2S/c1-2-17-10-12-20-21(15-17)28-23(24-20)25(16-19-9-6-14-27-19)22(26)13-11-18-7-4-3-5-8-18/h3-5,7-8,10,12,15,19H,2,6,9,11,13-14,16H2,1H3. The molecule has 3 aromatic rings. The molecule has 4 rings (SSSR count). The van der Waals surface area contributed by atoms with Crippen LogP contribution in [0.4, 0.5) is 5.13 Å². The smallest absolute Gasteiger partial charge is 0.229 e. The van der Waals surface area contributed by atoms with Crippen LogP contribution in [-0.2, 0) is 22.4 Å². The Hall–Kier alpha value is -2.24. The van der Waals surface area contributed by atoms with E-state index in [1.807, 2.05) is 23.1 Å². The lowest BCUT2D eigenvalue weighted by Gasteiger charge is -2.23. The zero-order valence-corrected chi connectivity index (χ0v) is 17.1. The van der Waals surface area contributed by atoms with Crippen molar-refractivity contribution in [3.8, 4) is 0 Å². The maximum absolute atomic E-state index is 13.1. The van der Waals surface area contributed by atoms with Crippen molar-refractivity contribution < 1.29 is 9.53 Å². The molecule has 28 heavy (non-hydrogen) atoms. The van der Waals surface area contributed by atoms with E-state index in [4.69, 9.17) is 9.72 Å². The van der Waals surface area contributed by atoms with Gasteiger partial charge in [-0.15, -0.1) is 0 Å². The fraction of sp³-hybridized carbons (Fsp3) is 0.391. The zero-order chi connectivity index (χ0) is 19.3. The van der Waals surface area contributed by atoms with Crippen LogP contribution in [0.25, 0.3) is 10.2 Å². The summed E-state index contributed by atoms with van der Waals surface area (Å²) >= 11 is 1.61. The maximum atomic E-state index is 13.1. The van der Waals surface area contributed by atoms with E-state index in [1.54, 1.807) is 11.3 Å². The minimum absolute atomic E-state index is 0.110. The summed E-state index contributed by atoms with van der Waals surface area (Å²) < 4.78 is 6.95. The number of hydrogen-bond acceptors (Lipinski definition) is 4. The molecule has 1 aliphatic rings. The highest BCUT2D eigenvalue weighted by Gasteiger charge is 2.26. The number of thiazole rings is 1. The van der Waals surface area contributed by atoms with E-state index in [0.717, 1.165) is 47.6 Å². The van der Waals surface area contributed by atoms with Gasteiger partial charge in [0.15, 0.2) is 5.13 Å². The Balaban J connectivity index is 1.56. The Bertz CT molecular complexity index is 932. The van der Waals surface area contributed by atoms with E-state index in [1.165, 1.54) is 11.1 Å². The highest BCUT2D eigenvalue weighted by Crippen LogP contribution is 2.31. The fourth-order valence-electron chi connectivity index (χ4n) is 3.60. The van der Waals surface area contributed by atoms with Gasteiger partial charge in [0.05, 0.1) is 22.9 Å². The molecule has 1 unspecified atom stereocenters. The number of amides is 1. The molecule has 1 aromatic heterocycles. The number of aromatic nitrogens is 1. The number of aryl methyl sites for hydroxylation is 2. The molecule has 0 aliphatic carbocycles. The number of carbonyl (C=O) groups is 1. The van der Waals surface area contributed by atoms with E-state index in [9.17, 15) is 4.79 Å². The molecule has 1 aliphatic heterocycles. The fourth-order valence-corrected chi connectivity index (χ4v) is 4.66. The normalized spacial score (nSPS) is 16.5. The van der Waals surface area contributed by atoms with Crippen LogP contribution in [0.2, 0.25) is 0 Å². The van der Waals surface area contributed by atoms with Gasteiger partial charge in [0.1, 0.15) is 0 Å². The summed E-state index contributed by atoms with van der Waals surface area (Å²) in [6.07, 6.45) is 4.40. The van der Waals surface area contributed by atoms with Crippen LogP contribution in [0.15, 0.2) is 48.5 Å². The molecule has 146 valence electrons. The molecule has 0 saturated carbocycles. The van der Waals surface area contributed by atoms with Crippen molar-refractivity contribution >= 4 is 32.6 Å². The third-order valence-corrected chi connectivity index (χ3v) is 6.30. The van der Waals surface area contributed by atoms with Crippen molar-refractivity contribution in [1.29, 1.82) is 0 Å². The minimum atomic E-state index is 0.110. The zero-order valence-electron chi connectivity index (χ0n) is 16.3. The second kappa shape index (κ2) is 8.84. The van der Waals surface area contributed by atoms with E-state index in [-0.39, 0.29) is 12.0 Å². The van der Waals surface area contributed by atoms with Gasteiger partial charge in [-0.2, -0.15) is 0 Å². The molecule has 2 aromatic carbocycles. The summed E-state index contributed by atoms with van der Waals surface area (Å²) in [6, 6.07) is 16.5. The molecule has 2 heterocycles. The van der Waals surface area contributed by atoms with Gasteiger partial charge < -0.3 is 4.74 Å². The predicted octanol–water partition coefficient (Wildman–Crippen LogP) is 5.00. The molecule has 0 N–H and O–H groups in total. The van der Waals surface area contributed by atoms with Gasteiger partial charge in [-0.05, 0) is 48.9 Å². The van der Waals surface area contributed by atoms with Gasteiger partial charge in [-0.25, -0.2) is 4.98 Å². The molecule has 4 nitrogen and oxygen atoms in total. The van der Waals surface area contributed by atoms with Crippen LogP contribution in [0.3, 0.4) is 0 Å². The second-order valence-corrected chi connectivity index (χ2v) is 8.29. The van der Waals surface area contributed by atoms with Crippen LogP contribution in [0, 0.1) is 0 Å². The topological polar surface area (TPSA) is 42.4 Å². The number of benzene rings is 2.